The average Bonchev–Trinajstić information content (AvgIpc) is 2.64. The number of pyridine rings is 1. The van der Waals surface area contributed by atoms with Crippen LogP contribution in [0.3, 0.4) is 0 Å². The molecule has 0 radical (unpaired) electrons. The van der Waals surface area contributed by atoms with Crippen LogP contribution in [-0.2, 0) is 14.1 Å². The predicted molar refractivity (Wildman–Crippen MR) is 98.5 cm³/mol. The van der Waals surface area contributed by atoms with Crippen molar-refractivity contribution in [2.45, 2.75) is 25.3 Å². The summed E-state index contributed by atoms with van der Waals surface area (Å²) in [5.41, 5.74) is -0.335. The molecular weight excluding hydrogens is 334 g/mol. The molecule has 1 aliphatic heterocycles. The molecule has 26 heavy (non-hydrogen) atoms. The molecule has 2 aromatic heterocycles. The molecule has 8 nitrogen and oxygen atoms in total. The molecule has 0 spiro atoms. The van der Waals surface area contributed by atoms with Gasteiger partial charge in [0.1, 0.15) is 11.4 Å². The lowest BCUT2D eigenvalue weighted by molar-refractivity contribution is 0.0947. The van der Waals surface area contributed by atoms with Gasteiger partial charge in [0.15, 0.2) is 0 Å². The van der Waals surface area contributed by atoms with E-state index in [1.165, 1.54) is 21.4 Å². The van der Waals surface area contributed by atoms with E-state index < -0.39 is 0 Å². The average molecular weight is 357 g/mol. The van der Waals surface area contributed by atoms with Gasteiger partial charge in [-0.1, -0.05) is 0 Å². The highest BCUT2D eigenvalue weighted by molar-refractivity contribution is 5.93. The summed E-state index contributed by atoms with van der Waals surface area (Å²) in [4.78, 5) is 38.1. The van der Waals surface area contributed by atoms with Crippen LogP contribution in [-0.4, -0.2) is 39.4 Å². The summed E-state index contributed by atoms with van der Waals surface area (Å²) in [6.07, 6.45) is 4.63. The second-order valence-corrected chi connectivity index (χ2v) is 6.54. The topological polar surface area (TPSA) is 89.2 Å². The smallest absolute Gasteiger partial charge is 0.266 e. The highest BCUT2D eigenvalue weighted by atomic mass is 16.2. The number of aryl methyl sites for hydroxylation is 2. The standard InChI is InChI=1S/C18H23N5O3/c1-21-10-5-7-14(18(21)26)17(25)19-12-13-6-3-4-11-23(13)15-8-9-16(24)22(2)20-15/h5,7-10,13H,3-4,6,11-12H2,1-2H3,(H,19,25). The van der Waals surface area contributed by atoms with E-state index in [9.17, 15) is 14.4 Å². The number of hydrogen-bond donors (Lipinski definition) is 1. The van der Waals surface area contributed by atoms with Crippen LogP contribution in [0.15, 0.2) is 40.1 Å². The lowest BCUT2D eigenvalue weighted by Gasteiger charge is -2.36. The molecule has 3 heterocycles. The molecule has 8 heteroatoms. The molecule has 1 unspecified atom stereocenters. The third kappa shape index (κ3) is 3.68. The number of amides is 1. The summed E-state index contributed by atoms with van der Waals surface area (Å²) in [6, 6.07) is 6.50. The first-order chi connectivity index (χ1) is 12.5. The summed E-state index contributed by atoms with van der Waals surface area (Å²) in [5.74, 6) is 0.354. The highest BCUT2D eigenvalue weighted by Crippen LogP contribution is 2.21. The second-order valence-electron chi connectivity index (χ2n) is 6.54. The van der Waals surface area contributed by atoms with Crippen molar-refractivity contribution in [3.63, 3.8) is 0 Å². The van der Waals surface area contributed by atoms with E-state index in [1.54, 1.807) is 32.4 Å². The third-order valence-electron chi connectivity index (χ3n) is 4.73. The fourth-order valence-electron chi connectivity index (χ4n) is 3.23. The van der Waals surface area contributed by atoms with Crippen molar-refractivity contribution in [3.8, 4) is 0 Å². The first-order valence-electron chi connectivity index (χ1n) is 8.72. The number of nitrogens with zero attached hydrogens (tertiary/aromatic N) is 4. The van der Waals surface area contributed by atoms with Crippen LogP contribution < -0.4 is 21.3 Å². The molecule has 2 aromatic rings. The Morgan fingerprint density at radius 1 is 1.23 bits per heavy atom. The second kappa shape index (κ2) is 7.55. The van der Waals surface area contributed by atoms with Crippen molar-refractivity contribution >= 4 is 11.7 Å². The van der Waals surface area contributed by atoms with E-state index in [-0.39, 0.29) is 28.6 Å². The van der Waals surface area contributed by atoms with Crippen LogP contribution in [0.2, 0.25) is 0 Å². The summed E-state index contributed by atoms with van der Waals surface area (Å²) in [7, 11) is 3.24. The van der Waals surface area contributed by atoms with Crippen molar-refractivity contribution in [3.05, 3.63) is 56.7 Å². The Morgan fingerprint density at radius 2 is 2.04 bits per heavy atom. The molecule has 1 fully saturated rings. The normalized spacial score (nSPS) is 17.2. The molecule has 0 aromatic carbocycles. The quantitative estimate of drug-likeness (QED) is 0.848. The van der Waals surface area contributed by atoms with Gasteiger partial charge in [-0.2, -0.15) is 5.10 Å². The van der Waals surface area contributed by atoms with Crippen LogP contribution in [0.25, 0.3) is 0 Å². The van der Waals surface area contributed by atoms with Gasteiger partial charge in [0.2, 0.25) is 0 Å². The maximum Gasteiger partial charge on any atom is 0.266 e. The molecule has 0 aliphatic carbocycles. The maximum absolute atomic E-state index is 12.4. The number of piperidine rings is 1. The Hall–Kier alpha value is -2.90. The Kier molecular flexibility index (Phi) is 5.20. The van der Waals surface area contributed by atoms with Crippen molar-refractivity contribution in [1.29, 1.82) is 0 Å². The molecule has 3 rings (SSSR count). The summed E-state index contributed by atoms with van der Waals surface area (Å²) < 4.78 is 2.70. The Labute approximate surface area is 151 Å². The third-order valence-corrected chi connectivity index (χ3v) is 4.73. The van der Waals surface area contributed by atoms with Crippen LogP contribution in [0.1, 0.15) is 29.6 Å². The van der Waals surface area contributed by atoms with Gasteiger partial charge < -0.3 is 14.8 Å². The molecule has 1 atom stereocenters. The molecular formula is C18H23N5O3. The summed E-state index contributed by atoms with van der Waals surface area (Å²) in [6.45, 7) is 1.24. The Morgan fingerprint density at radius 3 is 2.81 bits per heavy atom. The molecule has 0 bridgehead atoms. The molecule has 1 amide bonds. The van der Waals surface area contributed by atoms with Crippen molar-refractivity contribution < 1.29 is 4.79 Å². The van der Waals surface area contributed by atoms with Crippen LogP contribution in [0, 0.1) is 0 Å². The van der Waals surface area contributed by atoms with Gasteiger partial charge in [-0.3, -0.25) is 14.4 Å². The van der Waals surface area contributed by atoms with E-state index in [0.29, 0.717) is 6.54 Å². The zero-order chi connectivity index (χ0) is 18.7. The van der Waals surface area contributed by atoms with Gasteiger partial charge in [-0.05, 0) is 37.5 Å². The number of rotatable bonds is 4. The lowest BCUT2D eigenvalue weighted by Crippen LogP contribution is -2.48. The molecule has 1 saturated heterocycles. The first-order valence-corrected chi connectivity index (χ1v) is 8.72. The van der Waals surface area contributed by atoms with Gasteiger partial charge in [0.05, 0.1) is 0 Å². The van der Waals surface area contributed by atoms with Crippen molar-refractivity contribution in [2.75, 3.05) is 18.0 Å². The lowest BCUT2D eigenvalue weighted by atomic mass is 10.0. The maximum atomic E-state index is 12.4. The number of carbonyl (C=O) groups is 1. The molecule has 138 valence electrons. The summed E-state index contributed by atoms with van der Waals surface area (Å²) in [5, 5.41) is 7.19. The summed E-state index contributed by atoms with van der Waals surface area (Å²) >= 11 is 0. The van der Waals surface area contributed by atoms with E-state index in [1.807, 2.05) is 0 Å². The zero-order valence-corrected chi connectivity index (χ0v) is 15.0. The number of aromatic nitrogens is 3. The first kappa shape index (κ1) is 17.9. The van der Waals surface area contributed by atoms with Gasteiger partial charge in [0, 0.05) is 45.5 Å². The highest BCUT2D eigenvalue weighted by Gasteiger charge is 2.25. The minimum atomic E-state index is -0.370. The van der Waals surface area contributed by atoms with E-state index in [2.05, 4.69) is 15.3 Å². The van der Waals surface area contributed by atoms with Crippen molar-refractivity contribution in [1.82, 2.24) is 19.7 Å². The monoisotopic (exact) mass is 357 g/mol. The Balaban J connectivity index is 1.73. The number of carbonyl (C=O) groups excluding carboxylic acids is 1. The van der Waals surface area contributed by atoms with Crippen molar-refractivity contribution in [2.24, 2.45) is 14.1 Å². The minimum Gasteiger partial charge on any atom is -0.350 e. The van der Waals surface area contributed by atoms with E-state index in [4.69, 9.17) is 0 Å². The van der Waals surface area contributed by atoms with Crippen LogP contribution in [0.5, 0.6) is 0 Å². The van der Waals surface area contributed by atoms with Gasteiger partial charge in [0.25, 0.3) is 17.0 Å². The fourth-order valence-corrected chi connectivity index (χ4v) is 3.23. The van der Waals surface area contributed by atoms with Gasteiger partial charge in [-0.25, -0.2) is 4.68 Å². The molecule has 1 aliphatic rings. The van der Waals surface area contributed by atoms with Crippen LogP contribution >= 0.6 is 0 Å². The van der Waals surface area contributed by atoms with E-state index in [0.717, 1.165) is 31.6 Å². The zero-order valence-electron chi connectivity index (χ0n) is 15.0. The number of hydrogen-bond acceptors (Lipinski definition) is 5. The number of anilines is 1. The SMILES string of the molecule is Cn1cccc(C(=O)NCC2CCCCN2c2ccc(=O)n(C)n2)c1=O. The van der Waals surface area contributed by atoms with Gasteiger partial charge >= 0.3 is 0 Å². The molecule has 0 saturated carbocycles. The largest absolute Gasteiger partial charge is 0.350 e. The fraction of sp³-hybridized carbons (Fsp3) is 0.444. The minimum absolute atomic E-state index is 0.0743. The number of nitrogens with one attached hydrogen (secondary N) is 1. The van der Waals surface area contributed by atoms with Gasteiger partial charge in [-0.15, -0.1) is 0 Å². The predicted octanol–water partition coefficient (Wildman–Crippen LogP) is 0.268. The van der Waals surface area contributed by atoms with E-state index >= 15 is 0 Å². The molecule has 1 N–H and O–H groups in total. The Bertz CT molecular complexity index is 918. The van der Waals surface area contributed by atoms with Crippen LogP contribution in [0.4, 0.5) is 5.82 Å².